The number of nitriles is 4. The molecule has 0 bridgehead atoms. The molecule has 29 N–H and O–H groups in total. The van der Waals surface area contributed by atoms with Crippen molar-refractivity contribution in [3.05, 3.63) is 430 Å². The lowest BCUT2D eigenvalue weighted by atomic mass is 9.94. The average molecular weight is 1920 g/mol. The Bertz CT molecular complexity index is 5540. The molecule has 0 saturated heterocycles. The number of carbonyl (C=O) groups is 8. The Morgan fingerprint density at radius 2 is 0.479 bits per heavy atom. The van der Waals surface area contributed by atoms with Crippen molar-refractivity contribution in [2.45, 2.75) is 130 Å². The number of aliphatic hydroxyl groups is 3. The molecule has 12 rings (SSSR count). The van der Waals surface area contributed by atoms with Crippen LogP contribution < -0.4 is 51.6 Å². The second kappa shape index (κ2) is 67.0. The number of carboxylic acid groups (broad SMARTS) is 8. The summed E-state index contributed by atoms with van der Waals surface area (Å²) < 4.78 is 37.1. The quantitative estimate of drug-likeness (QED) is 0.0224. The number of hydrogen-bond donors (Lipinski definition) is 20. The van der Waals surface area contributed by atoms with Gasteiger partial charge < -0.3 is 108 Å². The molecule has 736 valence electrons. The number of nitrogens with two attached hydrogens (primary N) is 9. The van der Waals surface area contributed by atoms with Crippen molar-refractivity contribution in [1.82, 2.24) is 0 Å². The Morgan fingerprint density at radius 1 is 0.279 bits per heavy atom. The van der Waals surface area contributed by atoms with E-state index < -0.39 is 131 Å². The molecule has 0 aliphatic carbocycles. The highest BCUT2D eigenvalue weighted by Crippen LogP contribution is 2.21. The highest BCUT2D eigenvalue weighted by Gasteiger charge is 2.31. The highest BCUT2D eigenvalue weighted by molar-refractivity contribution is 5.81. The second-order valence-corrected chi connectivity index (χ2v) is 30.2. The van der Waals surface area contributed by atoms with Crippen LogP contribution in [-0.4, -0.2) is 122 Å². The van der Waals surface area contributed by atoms with Crippen LogP contribution in [0.1, 0.15) is 143 Å². The zero-order valence-corrected chi connectivity index (χ0v) is 76.7. The summed E-state index contributed by atoms with van der Waals surface area (Å²) in [6.45, 7) is 4.65. The maximum absolute atomic E-state index is 12.4. The van der Waals surface area contributed by atoms with E-state index in [9.17, 15) is 51.5 Å². The van der Waals surface area contributed by atoms with Crippen LogP contribution in [0.4, 0.5) is 13.2 Å². The number of hydrogen-bond acceptors (Lipinski definition) is 24. The highest BCUT2D eigenvalue weighted by atomic mass is 19.1. The van der Waals surface area contributed by atoms with E-state index in [2.05, 4.69) is 0 Å². The summed E-state index contributed by atoms with van der Waals surface area (Å²) in [6.07, 6.45) is -0.345. The molecular weight excluding hydrogens is 1800 g/mol. The number of nitrogens with zero attached hydrogens (tertiary/aromatic N) is 4. The summed E-state index contributed by atoms with van der Waals surface area (Å²) in [5, 5.41) is 129. The molecule has 4 unspecified atom stereocenters. The summed E-state index contributed by atoms with van der Waals surface area (Å²) in [5.74, 6) is -9.74. The molecule has 0 spiro atoms. The van der Waals surface area contributed by atoms with E-state index in [-0.39, 0.29) is 18.7 Å². The van der Waals surface area contributed by atoms with E-state index in [4.69, 9.17) is 129 Å². The predicted molar refractivity (Wildman–Crippen MR) is 520 cm³/mol. The third-order valence-electron chi connectivity index (χ3n) is 19.1. The number of rotatable bonds is 26. The van der Waals surface area contributed by atoms with Crippen molar-refractivity contribution >= 4 is 47.8 Å². The number of aliphatic carboxylic acids is 8. The standard InChI is InChI=1S/C10H11NO.2C10H12O3.C9H10N2.2C9H11NO2.C8H7FN2.2C8H8FNO2.C8H8N2.2C8H9NO2/c11-8-10(12)7-6-9-4-2-1-3-5-9;2*11-9(10(12)13)7-6-8-4-2-1-3-5-8;1-9(11,7-10)8-5-3-2-4-6-8;2*1-9(10,8(11)12)7-5-3-2-4-6-7;9-7-3-1-6(2-4-7)8(11)5-10;2*9-6-3-1-5(2-4-6)7(10)8(11)12;9-6-8(10)7-4-2-1-3-5-7;2*9-7(8(10)11)6-4-2-1-3-5-6/h1-5,10,12H,6-7H2;2*1-5,9,11H,6-7H2,(H,12,13);2-6H,11H2,1H3;2*2-6H,10H2,1H3,(H,11,12);1-4,8H,11H2;2*1-4,7H,10H2,(H,11,12);1-5,8H,10H2;2*1-5,7H,9H2,(H,10,11)/t;2*9-;;2*9-;;2*7-;;2*7-/m.10.10.10.10/s1. The van der Waals surface area contributed by atoms with Gasteiger partial charge in [0.15, 0.2) is 12.2 Å². The second-order valence-electron chi connectivity index (χ2n) is 30.2. The molecule has 0 aromatic heterocycles. The lowest BCUT2D eigenvalue weighted by Gasteiger charge is -2.18. The van der Waals surface area contributed by atoms with E-state index in [1.54, 1.807) is 110 Å². The molecular formula is C105H116F3N13O19. The SMILES string of the molecule is CC(N)(C#N)c1ccccc1.C[C@@](N)(C(=O)O)c1ccccc1.C[C@](N)(C(=O)O)c1ccccc1.N#CC(N)c1ccc(F)cc1.N#CC(N)c1ccccc1.N#CC(O)CCc1ccccc1.N[C@@H](C(=O)O)c1ccc(F)cc1.N[C@@H](C(=O)O)c1ccccc1.N[C@H](C(=O)O)c1ccc(F)cc1.N[C@H](C(=O)O)c1ccccc1.O=C(O)[C@@H](O)CCc1ccccc1.O=C(O)[C@H](O)CCc1ccccc1. The molecule has 12 aromatic carbocycles. The van der Waals surface area contributed by atoms with Gasteiger partial charge in [0.05, 0.1) is 24.3 Å². The Balaban J connectivity index is 0.000000764. The van der Waals surface area contributed by atoms with Gasteiger partial charge in [0.25, 0.3) is 0 Å². The fourth-order valence-corrected chi connectivity index (χ4v) is 10.5. The number of aliphatic hydroxyl groups excluding tert-OH is 3. The third-order valence-corrected chi connectivity index (χ3v) is 19.1. The maximum Gasteiger partial charge on any atom is 0.332 e. The lowest BCUT2D eigenvalue weighted by molar-refractivity contribution is -0.147. The van der Waals surface area contributed by atoms with Crippen molar-refractivity contribution in [3.63, 3.8) is 0 Å². The van der Waals surface area contributed by atoms with E-state index in [1.807, 2.05) is 194 Å². The van der Waals surface area contributed by atoms with Crippen molar-refractivity contribution in [3.8, 4) is 24.3 Å². The minimum Gasteiger partial charge on any atom is -0.480 e. The topological polar surface area (TPSA) is 688 Å². The smallest absolute Gasteiger partial charge is 0.332 e. The molecule has 0 saturated carbocycles. The molecule has 0 aliphatic heterocycles. The van der Waals surface area contributed by atoms with Gasteiger partial charge in [0.1, 0.15) is 76.4 Å². The molecule has 0 amide bonds. The first-order chi connectivity index (χ1) is 66.2. The zero-order chi connectivity index (χ0) is 105. The number of halogens is 3. The number of aryl methyl sites for hydroxylation is 3. The fourth-order valence-electron chi connectivity index (χ4n) is 10.5. The molecule has 140 heavy (non-hydrogen) atoms. The van der Waals surface area contributed by atoms with Gasteiger partial charge in [-0.25, -0.2) is 32.3 Å². The summed E-state index contributed by atoms with van der Waals surface area (Å²) in [7, 11) is 0. The van der Waals surface area contributed by atoms with Crippen molar-refractivity contribution in [1.29, 1.82) is 21.0 Å². The van der Waals surface area contributed by atoms with Gasteiger partial charge in [-0.3, -0.25) is 19.2 Å². The first-order valence-corrected chi connectivity index (χ1v) is 42.3. The van der Waals surface area contributed by atoms with Crippen molar-refractivity contribution in [2.75, 3.05) is 0 Å². The van der Waals surface area contributed by atoms with Crippen LogP contribution in [-0.2, 0) is 74.2 Å². The first kappa shape index (κ1) is 122. The Morgan fingerprint density at radius 3 is 0.693 bits per heavy atom. The van der Waals surface area contributed by atoms with Gasteiger partial charge >= 0.3 is 47.8 Å². The number of carboxylic acids is 8. The minimum absolute atomic E-state index is 0.263. The predicted octanol–water partition coefficient (Wildman–Crippen LogP) is 12.8. The fraction of sp³-hybridized carbons (Fsp3) is 0.200. The van der Waals surface area contributed by atoms with Crippen LogP contribution in [0.5, 0.6) is 0 Å². The molecule has 0 radical (unpaired) electrons. The average Bonchev–Trinajstić information content (AvgIpc) is 0.837. The van der Waals surface area contributed by atoms with E-state index >= 15 is 0 Å². The van der Waals surface area contributed by atoms with E-state index in [0.717, 1.165) is 34.2 Å². The Hall–Kier alpha value is -16.3. The van der Waals surface area contributed by atoms with E-state index in [1.165, 1.54) is 86.6 Å². The summed E-state index contributed by atoms with van der Waals surface area (Å²) in [4.78, 5) is 83.4. The maximum atomic E-state index is 12.4. The lowest BCUT2D eigenvalue weighted by Crippen LogP contribution is -2.41. The molecule has 32 nitrogen and oxygen atoms in total. The van der Waals surface area contributed by atoms with Crippen LogP contribution in [0.3, 0.4) is 0 Å². The summed E-state index contributed by atoms with van der Waals surface area (Å²) >= 11 is 0. The van der Waals surface area contributed by atoms with Crippen LogP contribution >= 0.6 is 0 Å². The molecule has 0 fully saturated rings. The Kier molecular flexibility index (Phi) is 58.2. The van der Waals surface area contributed by atoms with Gasteiger partial charge in [-0.05, 0) is 162 Å². The normalized spacial score (nSPS) is 13.0. The zero-order valence-electron chi connectivity index (χ0n) is 76.7. The summed E-state index contributed by atoms with van der Waals surface area (Å²) in [5.41, 5.74) is 54.2. The number of benzene rings is 12. The molecule has 0 aliphatic rings. The van der Waals surface area contributed by atoms with Gasteiger partial charge in [-0.15, -0.1) is 0 Å². The summed E-state index contributed by atoms with van der Waals surface area (Å²) in [6, 6.07) is 101. The van der Waals surface area contributed by atoms with Crippen molar-refractivity contribution in [2.24, 2.45) is 51.6 Å². The third kappa shape index (κ3) is 50.3. The van der Waals surface area contributed by atoms with Crippen LogP contribution in [0, 0.1) is 62.8 Å². The van der Waals surface area contributed by atoms with Crippen molar-refractivity contribution < 1.29 is 108 Å². The Labute approximate surface area is 808 Å². The van der Waals surface area contributed by atoms with Gasteiger partial charge in [-0.2, -0.15) is 21.0 Å². The molecule has 12 atom stereocenters. The van der Waals surface area contributed by atoms with Crippen LogP contribution in [0.15, 0.2) is 346 Å². The molecule has 35 heteroatoms. The largest absolute Gasteiger partial charge is 0.480 e. The monoisotopic (exact) mass is 1920 g/mol. The molecule has 12 aromatic rings. The molecule has 0 heterocycles. The van der Waals surface area contributed by atoms with Gasteiger partial charge in [-0.1, -0.05) is 309 Å². The minimum atomic E-state index is -1.29. The van der Waals surface area contributed by atoms with Crippen LogP contribution in [0.25, 0.3) is 0 Å². The first-order valence-electron chi connectivity index (χ1n) is 42.3. The van der Waals surface area contributed by atoms with Crippen LogP contribution in [0.2, 0.25) is 0 Å². The van der Waals surface area contributed by atoms with E-state index in [0.29, 0.717) is 58.2 Å². The van der Waals surface area contributed by atoms with Gasteiger partial charge in [0, 0.05) is 0 Å². The van der Waals surface area contributed by atoms with Gasteiger partial charge in [0.2, 0.25) is 0 Å².